The number of nitrogens with zero attached hydrogens (tertiary/aromatic N) is 3. The zero-order valence-corrected chi connectivity index (χ0v) is 12.4. The lowest BCUT2D eigenvalue weighted by atomic mass is 10.1. The Balaban J connectivity index is 2.28. The fourth-order valence-corrected chi connectivity index (χ4v) is 2.24. The van der Waals surface area contributed by atoms with E-state index in [1.807, 2.05) is 26.2 Å². The number of hydrogen-bond acceptors (Lipinski definition) is 3. The summed E-state index contributed by atoms with van der Waals surface area (Å²) in [5.41, 5.74) is 7.55. The normalized spacial score (nSPS) is 11.2. The summed E-state index contributed by atoms with van der Waals surface area (Å²) >= 11 is 12.1. The van der Waals surface area contributed by atoms with Crippen LogP contribution in [0, 0.1) is 0 Å². The van der Waals surface area contributed by atoms with Gasteiger partial charge in [-0.25, -0.2) is 4.68 Å². The van der Waals surface area contributed by atoms with Crippen LogP contribution in [0.1, 0.15) is 0 Å². The summed E-state index contributed by atoms with van der Waals surface area (Å²) in [6, 6.07) is 7.17. The van der Waals surface area contributed by atoms with E-state index in [0.717, 1.165) is 24.3 Å². The minimum atomic E-state index is 0.574. The molecule has 1 heterocycles. The molecule has 0 atom stereocenters. The first-order valence-corrected chi connectivity index (χ1v) is 6.66. The smallest absolute Gasteiger partial charge is 0.122 e. The lowest BCUT2D eigenvalue weighted by Gasteiger charge is -2.10. The molecule has 4 nitrogen and oxygen atoms in total. The van der Waals surface area contributed by atoms with Crippen molar-refractivity contribution in [2.75, 3.05) is 26.4 Å². The zero-order valence-electron chi connectivity index (χ0n) is 10.9. The molecule has 19 heavy (non-hydrogen) atoms. The van der Waals surface area contributed by atoms with Crippen molar-refractivity contribution < 1.29 is 0 Å². The van der Waals surface area contributed by atoms with Gasteiger partial charge in [-0.15, -0.1) is 0 Å². The SMILES string of the molecule is CN(C)CCn1nc(-c2ccc(Cl)cc2Cl)cc1N. The van der Waals surface area contributed by atoms with Crippen LogP contribution in [-0.2, 0) is 6.54 Å². The van der Waals surface area contributed by atoms with Crippen LogP contribution in [0.25, 0.3) is 11.3 Å². The molecule has 0 saturated carbocycles. The Bertz CT molecular complexity index is 578. The summed E-state index contributed by atoms with van der Waals surface area (Å²) in [4.78, 5) is 2.08. The number of hydrogen-bond donors (Lipinski definition) is 1. The molecule has 6 heteroatoms. The van der Waals surface area contributed by atoms with Crippen LogP contribution in [0.2, 0.25) is 10.0 Å². The highest BCUT2D eigenvalue weighted by Crippen LogP contribution is 2.30. The van der Waals surface area contributed by atoms with Crippen molar-refractivity contribution in [2.24, 2.45) is 0 Å². The van der Waals surface area contributed by atoms with Gasteiger partial charge in [0.25, 0.3) is 0 Å². The van der Waals surface area contributed by atoms with Crippen molar-refractivity contribution in [1.29, 1.82) is 0 Å². The van der Waals surface area contributed by atoms with Crippen LogP contribution >= 0.6 is 23.2 Å². The van der Waals surface area contributed by atoms with Gasteiger partial charge in [0.15, 0.2) is 0 Å². The second-order valence-electron chi connectivity index (χ2n) is 4.61. The monoisotopic (exact) mass is 298 g/mol. The topological polar surface area (TPSA) is 47.1 Å². The molecule has 102 valence electrons. The Hall–Kier alpha value is -1.23. The Morgan fingerprint density at radius 2 is 2.00 bits per heavy atom. The molecule has 2 aromatic rings. The molecule has 1 aromatic carbocycles. The molecule has 1 aromatic heterocycles. The molecule has 0 spiro atoms. The molecule has 0 unspecified atom stereocenters. The first-order chi connectivity index (χ1) is 8.97. The molecule has 0 aliphatic rings. The van der Waals surface area contributed by atoms with Crippen molar-refractivity contribution in [3.05, 3.63) is 34.3 Å². The van der Waals surface area contributed by atoms with E-state index in [9.17, 15) is 0 Å². The van der Waals surface area contributed by atoms with Gasteiger partial charge >= 0.3 is 0 Å². The second-order valence-corrected chi connectivity index (χ2v) is 5.45. The van der Waals surface area contributed by atoms with Crippen LogP contribution in [0.5, 0.6) is 0 Å². The molecule has 0 aliphatic carbocycles. The number of anilines is 1. The van der Waals surface area contributed by atoms with E-state index < -0.39 is 0 Å². The maximum Gasteiger partial charge on any atom is 0.122 e. The third-order valence-corrected chi connectivity index (χ3v) is 3.33. The fourth-order valence-electron chi connectivity index (χ4n) is 1.73. The molecular formula is C13H16Cl2N4. The summed E-state index contributed by atoms with van der Waals surface area (Å²) in [6.45, 7) is 1.61. The Morgan fingerprint density at radius 3 is 2.63 bits per heavy atom. The Labute approximate surface area is 122 Å². The molecular weight excluding hydrogens is 283 g/mol. The number of nitrogen functional groups attached to an aromatic ring is 1. The Kier molecular flexibility index (Phi) is 4.34. The van der Waals surface area contributed by atoms with E-state index in [1.54, 1.807) is 16.8 Å². The fraction of sp³-hybridized carbons (Fsp3) is 0.308. The van der Waals surface area contributed by atoms with E-state index in [2.05, 4.69) is 10.00 Å². The highest BCUT2D eigenvalue weighted by atomic mass is 35.5. The predicted octanol–water partition coefficient (Wildman–Crippen LogP) is 3.00. The summed E-state index contributed by atoms with van der Waals surface area (Å²) in [5, 5.41) is 5.66. The molecule has 0 saturated heterocycles. The number of rotatable bonds is 4. The van der Waals surface area contributed by atoms with Gasteiger partial charge in [0.05, 0.1) is 17.3 Å². The van der Waals surface area contributed by atoms with Crippen LogP contribution in [0.4, 0.5) is 5.82 Å². The van der Waals surface area contributed by atoms with Crippen molar-refractivity contribution >= 4 is 29.0 Å². The van der Waals surface area contributed by atoms with Crippen LogP contribution in [0.3, 0.4) is 0 Å². The molecule has 2 N–H and O–H groups in total. The first kappa shape index (κ1) is 14.2. The van der Waals surface area contributed by atoms with E-state index >= 15 is 0 Å². The van der Waals surface area contributed by atoms with Crippen LogP contribution < -0.4 is 5.73 Å². The third kappa shape index (κ3) is 3.41. The maximum absolute atomic E-state index is 6.17. The average Bonchev–Trinajstić information content (AvgIpc) is 2.67. The Morgan fingerprint density at radius 1 is 1.26 bits per heavy atom. The molecule has 0 aliphatic heterocycles. The highest BCUT2D eigenvalue weighted by Gasteiger charge is 2.10. The average molecular weight is 299 g/mol. The van der Waals surface area contributed by atoms with Crippen LogP contribution in [0.15, 0.2) is 24.3 Å². The zero-order chi connectivity index (χ0) is 14.0. The quantitative estimate of drug-likeness (QED) is 0.944. The minimum absolute atomic E-state index is 0.574. The van der Waals surface area contributed by atoms with Gasteiger partial charge in [-0.05, 0) is 32.3 Å². The van der Waals surface area contributed by atoms with Gasteiger partial charge < -0.3 is 10.6 Å². The van der Waals surface area contributed by atoms with Gasteiger partial charge in [-0.2, -0.15) is 5.10 Å². The number of aromatic nitrogens is 2. The summed E-state index contributed by atoms with van der Waals surface area (Å²) in [5.74, 6) is 0.628. The first-order valence-electron chi connectivity index (χ1n) is 5.91. The molecule has 0 radical (unpaired) electrons. The van der Waals surface area contributed by atoms with E-state index in [4.69, 9.17) is 28.9 Å². The van der Waals surface area contributed by atoms with Gasteiger partial charge in [0.1, 0.15) is 5.82 Å². The molecule has 0 bridgehead atoms. The number of likely N-dealkylation sites (N-methyl/N-ethyl adjacent to an activating group) is 1. The van der Waals surface area contributed by atoms with Gasteiger partial charge in [-0.3, -0.25) is 0 Å². The lowest BCUT2D eigenvalue weighted by Crippen LogP contribution is -2.19. The second kappa shape index (κ2) is 5.82. The highest BCUT2D eigenvalue weighted by molar-refractivity contribution is 6.36. The molecule has 0 fully saturated rings. The standard InChI is InChI=1S/C13H16Cl2N4/c1-18(2)5-6-19-13(16)8-12(17-19)10-4-3-9(14)7-11(10)15/h3-4,7-8H,5-6,16H2,1-2H3. The summed E-state index contributed by atoms with van der Waals surface area (Å²) < 4.78 is 1.78. The maximum atomic E-state index is 6.17. The lowest BCUT2D eigenvalue weighted by molar-refractivity contribution is 0.375. The van der Waals surface area contributed by atoms with Crippen molar-refractivity contribution in [2.45, 2.75) is 6.54 Å². The van der Waals surface area contributed by atoms with E-state index in [0.29, 0.717) is 15.9 Å². The largest absolute Gasteiger partial charge is 0.384 e. The van der Waals surface area contributed by atoms with Crippen molar-refractivity contribution in [3.8, 4) is 11.3 Å². The van der Waals surface area contributed by atoms with Gasteiger partial charge in [-0.1, -0.05) is 23.2 Å². The van der Waals surface area contributed by atoms with Gasteiger partial charge in [0.2, 0.25) is 0 Å². The number of benzene rings is 1. The van der Waals surface area contributed by atoms with Crippen molar-refractivity contribution in [3.63, 3.8) is 0 Å². The van der Waals surface area contributed by atoms with Crippen molar-refractivity contribution in [1.82, 2.24) is 14.7 Å². The van der Waals surface area contributed by atoms with E-state index in [-0.39, 0.29) is 0 Å². The predicted molar refractivity (Wildman–Crippen MR) is 80.6 cm³/mol. The number of halogens is 2. The van der Waals surface area contributed by atoms with Crippen LogP contribution in [-0.4, -0.2) is 35.3 Å². The summed E-state index contributed by atoms with van der Waals surface area (Å²) in [7, 11) is 4.02. The third-order valence-electron chi connectivity index (χ3n) is 2.78. The molecule has 2 rings (SSSR count). The minimum Gasteiger partial charge on any atom is -0.384 e. The number of nitrogens with two attached hydrogens (primary N) is 1. The summed E-state index contributed by atoms with van der Waals surface area (Å²) in [6.07, 6.45) is 0. The molecule has 0 amide bonds. The van der Waals surface area contributed by atoms with E-state index in [1.165, 1.54) is 0 Å². The van der Waals surface area contributed by atoms with Gasteiger partial charge in [0, 0.05) is 23.2 Å².